The normalized spacial score (nSPS) is 10.4. The first kappa shape index (κ1) is 10.9. The van der Waals surface area contributed by atoms with Crippen LogP contribution in [0, 0.1) is 20.8 Å². The number of hydrogen-bond acceptors (Lipinski definition) is 4. The third-order valence-corrected chi connectivity index (χ3v) is 3.31. The van der Waals surface area contributed by atoms with Gasteiger partial charge in [-0.15, -0.1) is 11.3 Å². The van der Waals surface area contributed by atoms with E-state index in [4.69, 9.17) is 4.42 Å². The number of anilines is 1. The Kier molecular flexibility index (Phi) is 2.78. The molecule has 0 atom stereocenters. The molecular formula is C11H12N2O2S. The predicted octanol–water partition coefficient (Wildman–Crippen LogP) is 2.91. The fourth-order valence-corrected chi connectivity index (χ4v) is 2.10. The molecule has 1 amide bonds. The average molecular weight is 236 g/mol. The molecule has 0 saturated heterocycles. The van der Waals surface area contributed by atoms with E-state index in [0.717, 1.165) is 16.1 Å². The first-order valence-electron chi connectivity index (χ1n) is 4.87. The van der Waals surface area contributed by atoms with Crippen molar-refractivity contribution in [3.05, 3.63) is 34.2 Å². The quantitative estimate of drug-likeness (QED) is 0.872. The highest BCUT2D eigenvalue weighted by Crippen LogP contribution is 2.22. The molecule has 0 fully saturated rings. The van der Waals surface area contributed by atoms with Crippen LogP contribution in [0.15, 0.2) is 16.7 Å². The maximum absolute atomic E-state index is 11.8. The summed E-state index contributed by atoms with van der Waals surface area (Å²) in [7, 11) is 0. The van der Waals surface area contributed by atoms with Crippen LogP contribution >= 0.6 is 11.3 Å². The molecular weight excluding hydrogens is 224 g/mol. The van der Waals surface area contributed by atoms with E-state index in [2.05, 4.69) is 10.3 Å². The van der Waals surface area contributed by atoms with Crippen molar-refractivity contribution in [3.8, 4) is 0 Å². The molecule has 0 bridgehead atoms. The van der Waals surface area contributed by atoms with Crippen molar-refractivity contribution >= 4 is 22.4 Å². The van der Waals surface area contributed by atoms with Gasteiger partial charge < -0.3 is 4.42 Å². The highest BCUT2D eigenvalue weighted by atomic mass is 32.1. The van der Waals surface area contributed by atoms with Crippen LogP contribution in [0.3, 0.4) is 0 Å². The van der Waals surface area contributed by atoms with Gasteiger partial charge in [0.25, 0.3) is 5.91 Å². The molecule has 0 spiro atoms. The first-order valence-corrected chi connectivity index (χ1v) is 5.69. The molecule has 0 unspecified atom stereocenters. The van der Waals surface area contributed by atoms with Crippen LogP contribution < -0.4 is 5.32 Å². The van der Waals surface area contributed by atoms with E-state index in [1.54, 1.807) is 6.07 Å². The largest absolute Gasteiger partial charge is 0.459 e. The Hall–Kier alpha value is -1.62. The van der Waals surface area contributed by atoms with E-state index in [-0.39, 0.29) is 5.91 Å². The van der Waals surface area contributed by atoms with Crippen LogP contribution in [0.25, 0.3) is 0 Å². The number of thiazole rings is 1. The number of rotatable bonds is 2. The van der Waals surface area contributed by atoms with Gasteiger partial charge in [-0.05, 0) is 26.8 Å². The van der Waals surface area contributed by atoms with Gasteiger partial charge in [0.15, 0.2) is 10.9 Å². The Labute approximate surface area is 97.3 Å². The minimum atomic E-state index is -0.253. The molecule has 4 nitrogen and oxygen atoms in total. The molecule has 2 heterocycles. The number of hydrogen-bond donors (Lipinski definition) is 1. The minimum Gasteiger partial charge on any atom is -0.459 e. The van der Waals surface area contributed by atoms with Gasteiger partial charge in [0.2, 0.25) is 0 Å². The Morgan fingerprint density at radius 2 is 2.19 bits per heavy atom. The summed E-state index contributed by atoms with van der Waals surface area (Å²) in [5.74, 6) is 0.0850. The summed E-state index contributed by atoms with van der Waals surface area (Å²) in [5, 5.41) is 3.33. The number of amides is 1. The second-order valence-electron chi connectivity index (χ2n) is 3.55. The van der Waals surface area contributed by atoms with E-state index in [9.17, 15) is 4.79 Å². The van der Waals surface area contributed by atoms with Gasteiger partial charge in [-0.3, -0.25) is 10.1 Å². The summed E-state index contributed by atoms with van der Waals surface area (Å²) in [6, 6.07) is 1.76. The van der Waals surface area contributed by atoms with Crippen molar-refractivity contribution in [1.29, 1.82) is 0 Å². The fraction of sp³-hybridized carbons (Fsp3) is 0.273. The third kappa shape index (κ3) is 1.99. The molecule has 0 aliphatic rings. The zero-order valence-corrected chi connectivity index (χ0v) is 10.1. The van der Waals surface area contributed by atoms with Crippen molar-refractivity contribution < 1.29 is 9.21 Å². The molecule has 0 radical (unpaired) electrons. The Morgan fingerprint density at radius 3 is 2.69 bits per heavy atom. The molecule has 0 saturated carbocycles. The van der Waals surface area contributed by atoms with Gasteiger partial charge in [0.05, 0.1) is 12.0 Å². The molecule has 0 aromatic carbocycles. The predicted molar refractivity (Wildman–Crippen MR) is 63.0 cm³/mol. The second-order valence-corrected chi connectivity index (χ2v) is 4.75. The Morgan fingerprint density at radius 1 is 1.44 bits per heavy atom. The van der Waals surface area contributed by atoms with Gasteiger partial charge in [0.1, 0.15) is 0 Å². The molecule has 1 N–H and O–H groups in total. The van der Waals surface area contributed by atoms with E-state index in [1.807, 2.05) is 20.8 Å². The second kappa shape index (κ2) is 4.09. The molecule has 5 heteroatoms. The molecule has 2 aromatic heterocycles. The van der Waals surface area contributed by atoms with Crippen LogP contribution in [0.5, 0.6) is 0 Å². The molecule has 0 aliphatic carbocycles. The SMILES string of the molecule is Cc1ccoc1C(=O)Nc1nc(C)c(C)s1. The van der Waals surface area contributed by atoms with Gasteiger partial charge in [-0.1, -0.05) is 0 Å². The monoisotopic (exact) mass is 236 g/mol. The van der Waals surface area contributed by atoms with Gasteiger partial charge in [0, 0.05) is 10.4 Å². The summed E-state index contributed by atoms with van der Waals surface area (Å²) in [6.45, 7) is 5.72. The van der Waals surface area contributed by atoms with Crippen molar-refractivity contribution in [3.63, 3.8) is 0 Å². The fourth-order valence-electron chi connectivity index (χ4n) is 1.29. The van der Waals surface area contributed by atoms with E-state index < -0.39 is 0 Å². The average Bonchev–Trinajstić information content (AvgIpc) is 2.74. The summed E-state index contributed by atoms with van der Waals surface area (Å²) < 4.78 is 5.10. The van der Waals surface area contributed by atoms with Crippen LogP contribution in [0.2, 0.25) is 0 Å². The number of furan rings is 1. The summed E-state index contributed by atoms with van der Waals surface area (Å²) in [5.41, 5.74) is 1.76. The lowest BCUT2D eigenvalue weighted by molar-refractivity contribution is 0.0996. The number of nitrogens with one attached hydrogen (secondary N) is 1. The zero-order valence-electron chi connectivity index (χ0n) is 9.33. The lowest BCUT2D eigenvalue weighted by Gasteiger charge is -1.98. The molecule has 84 valence electrons. The van der Waals surface area contributed by atoms with Crippen molar-refractivity contribution in [2.24, 2.45) is 0 Å². The van der Waals surface area contributed by atoms with Crippen molar-refractivity contribution in [2.75, 3.05) is 5.32 Å². The highest BCUT2D eigenvalue weighted by Gasteiger charge is 2.14. The number of nitrogens with zero attached hydrogens (tertiary/aromatic N) is 1. The molecule has 0 aliphatic heterocycles. The maximum atomic E-state index is 11.8. The topological polar surface area (TPSA) is 55.1 Å². The standard InChI is InChI=1S/C11H12N2O2S/c1-6-4-5-15-9(6)10(14)13-11-12-7(2)8(3)16-11/h4-5H,1-3H3,(H,12,13,14). The molecule has 2 rings (SSSR count). The van der Waals surface area contributed by atoms with Crippen LogP contribution in [-0.4, -0.2) is 10.9 Å². The van der Waals surface area contributed by atoms with Crippen molar-refractivity contribution in [2.45, 2.75) is 20.8 Å². The molecule has 16 heavy (non-hydrogen) atoms. The number of aryl methyl sites for hydroxylation is 3. The smallest absolute Gasteiger partial charge is 0.293 e. The highest BCUT2D eigenvalue weighted by molar-refractivity contribution is 7.15. The maximum Gasteiger partial charge on any atom is 0.293 e. The van der Waals surface area contributed by atoms with Gasteiger partial charge in [-0.2, -0.15) is 0 Å². The molecule has 2 aromatic rings. The number of carbonyl (C=O) groups excluding carboxylic acids is 1. The van der Waals surface area contributed by atoms with Crippen LogP contribution in [-0.2, 0) is 0 Å². The summed E-state index contributed by atoms with van der Waals surface area (Å²) >= 11 is 1.46. The van der Waals surface area contributed by atoms with Gasteiger partial charge >= 0.3 is 0 Å². The first-order chi connectivity index (χ1) is 7.58. The third-order valence-electron chi connectivity index (χ3n) is 2.32. The van der Waals surface area contributed by atoms with Crippen LogP contribution in [0.1, 0.15) is 26.7 Å². The van der Waals surface area contributed by atoms with E-state index in [1.165, 1.54) is 17.6 Å². The Bertz CT molecular complexity index is 508. The zero-order chi connectivity index (χ0) is 11.7. The van der Waals surface area contributed by atoms with Crippen LogP contribution in [0.4, 0.5) is 5.13 Å². The number of aromatic nitrogens is 1. The van der Waals surface area contributed by atoms with E-state index >= 15 is 0 Å². The summed E-state index contributed by atoms with van der Waals surface area (Å²) in [4.78, 5) is 17.1. The minimum absolute atomic E-state index is 0.253. The van der Waals surface area contributed by atoms with Gasteiger partial charge in [-0.25, -0.2) is 4.98 Å². The lowest BCUT2D eigenvalue weighted by atomic mass is 10.3. The van der Waals surface area contributed by atoms with E-state index in [0.29, 0.717) is 10.9 Å². The number of carbonyl (C=O) groups is 1. The van der Waals surface area contributed by atoms with Crippen molar-refractivity contribution in [1.82, 2.24) is 4.98 Å². The summed E-state index contributed by atoms with van der Waals surface area (Å²) in [6.07, 6.45) is 1.50. The Balaban J connectivity index is 2.17. The lowest BCUT2D eigenvalue weighted by Crippen LogP contribution is -2.11.